The van der Waals surface area contributed by atoms with Crippen molar-refractivity contribution in [1.29, 1.82) is 0 Å². The Kier molecular flexibility index (Phi) is 3.72. The minimum Gasteiger partial charge on any atom is -0.325 e. The van der Waals surface area contributed by atoms with Crippen LogP contribution in [-0.4, -0.2) is 9.55 Å². The van der Waals surface area contributed by atoms with E-state index in [1.165, 1.54) is 5.56 Å². The Morgan fingerprint density at radius 3 is 3.07 bits per heavy atom. The van der Waals surface area contributed by atoms with Crippen molar-refractivity contribution in [2.45, 2.75) is 16.8 Å². The van der Waals surface area contributed by atoms with E-state index in [1.807, 2.05) is 17.8 Å². The number of hydrogen-bond acceptors (Lipinski definition) is 3. The minimum atomic E-state index is 0.516. The van der Waals surface area contributed by atoms with E-state index < -0.39 is 0 Å². The lowest BCUT2D eigenvalue weighted by Gasteiger charge is -2.02. The lowest BCUT2D eigenvalue weighted by atomic mass is 10.4. The van der Waals surface area contributed by atoms with Crippen LogP contribution in [0.25, 0.3) is 0 Å². The van der Waals surface area contributed by atoms with Crippen LogP contribution in [0.3, 0.4) is 0 Å². The highest BCUT2D eigenvalue weighted by Crippen LogP contribution is 2.23. The average Bonchev–Trinajstić information content (AvgIpc) is 2.85. The SMILES string of the molecule is Cn1c(CCl)cnc1SCc1ccsc1. The van der Waals surface area contributed by atoms with Gasteiger partial charge in [0.25, 0.3) is 0 Å². The number of halogens is 1. The third kappa shape index (κ3) is 2.56. The Hall–Kier alpha value is -0.450. The van der Waals surface area contributed by atoms with E-state index in [9.17, 15) is 0 Å². The van der Waals surface area contributed by atoms with Gasteiger partial charge in [-0.15, -0.1) is 11.6 Å². The van der Waals surface area contributed by atoms with Crippen LogP contribution >= 0.6 is 34.7 Å². The zero-order chi connectivity index (χ0) is 10.7. The predicted molar refractivity (Wildman–Crippen MR) is 66.6 cm³/mol. The van der Waals surface area contributed by atoms with Crippen LogP contribution < -0.4 is 0 Å². The van der Waals surface area contributed by atoms with Gasteiger partial charge in [-0.05, 0) is 22.4 Å². The molecule has 2 nitrogen and oxygen atoms in total. The maximum absolute atomic E-state index is 5.78. The molecule has 0 aliphatic rings. The molecule has 0 atom stereocenters. The van der Waals surface area contributed by atoms with Crippen LogP contribution in [0, 0.1) is 0 Å². The van der Waals surface area contributed by atoms with E-state index in [2.05, 4.69) is 21.8 Å². The Bertz CT molecular complexity index is 423. The van der Waals surface area contributed by atoms with Crippen molar-refractivity contribution in [1.82, 2.24) is 9.55 Å². The molecule has 0 unspecified atom stereocenters. The van der Waals surface area contributed by atoms with Gasteiger partial charge in [-0.1, -0.05) is 11.8 Å². The van der Waals surface area contributed by atoms with Gasteiger partial charge in [0.1, 0.15) is 0 Å². The molecule has 0 aliphatic carbocycles. The van der Waals surface area contributed by atoms with Crippen molar-refractivity contribution in [3.63, 3.8) is 0 Å². The topological polar surface area (TPSA) is 17.8 Å². The number of thioether (sulfide) groups is 1. The summed E-state index contributed by atoms with van der Waals surface area (Å²) in [4.78, 5) is 4.33. The quantitative estimate of drug-likeness (QED) is 0.617. The summed E-state index contributed by atoms with van der Waals surface area (Å²) in [5, 5.41) is 5.29. The van der Waals surface area contributed by atoms with Gasteiger partial charge in [-0.25, -0.2) is 4.98 Å². The van der Waals surface area contributed by atoms with Gasteiger partial charge in [0.05, 0.1) is 17.8 Å². The van der Waals surface area contributed by atoms with Crippen LogP contribution in [0.2, 0.25) is 0 Å². The molecule has 0 spiro atoms. The molecule has 2 aromatic rings. The molecule has 5 heteroatoms. The molecule has 0 N–H and O–H groups in total. The molecule has 0 saturated carbocycles. The summed E-state index contributed by atoms with van der Waals surface area (Å²) in [5.41, 5.74) is 2.41. The van der Waals surface area contributed by atoms with Gasteiger partial charge < -0.3 is 4.57 Å². The van der Waals surface area contributed by atoms with E-state index in [4.69, 9.17) is 11.6 Å². The molecule has 0 fully saturated rings. The number of nitrogens with zero attached hydrogens (tertiary/aromatic N) is 2. The molecule has 0 bridgehead atoms. The number of aromatic nitrogens is 2. The smallest absolute Gasteiger partial charge is 0.168 e. The zero-order valence-electron chi connectivity index (χ0n) is 8.31. The molecule has 0 aliphatic heterocycles. The summed E-state index contributed by atoms with van der Waals surface area (Å²) >= 11 is 9.24. The highest BCUT2D eigenvalue weighted by atomic mass is 35.5. The largest absolute Gasteiger partial charge is 0.325 e. The molecular formula is C10H11ClN2S2. The fourth-order valence-corrected chi connectivity index (χ4v) is 3.14. The molecule has 0 radical (unpaired) electrons. The number of rotatable bonds is 4. The second-order valence-electron chi connectivity index (χ2n) is 3.15. The third-order valence-electron chi connectivity index (χ3n) is 2.13. The van der Waals surface area contributed by atoms with Gasteiger partial charge in [-0.3, -0.25) is 0 Å². The van der Waals surface area contributed by atoms with Gasteiger partial charge in [-0.2, -0.15) is 11.3 Å². The van der Waals surface area contributed by atoms with Crippen molar-refractivity contribution in [2.75, 3.05) is 0 Å². The highest BCUT2D eigenvalue weighted by Gasteiger charge is 2.06. The number of alkyl halides is 1. The summed E-state index contributed by atoms with van der Waals surface area (Å²) < 4.78 is 2.05. The Labute approximate surface area is 102 Å². The third-order valence-corrected chi connectivity index (χ3v) is 4.25. The second kappa shape index (κ2) is 5.05. The molecule has 0 amide bonds. The monoisotopic (exact) mass is 258 g/mol. The summed E-state index contributed by atoms with van der Waals surface area (Å²) in [6, 6.07) is 2.14. The summed E-state index contributed by atoms with van der Waals surface area (Å²) in [7, 11) is 2.00. The van der Waals surface area contributed by atoms with Crippen LogP contribution in [-0.2, 0) is 18.7 Å². The van der Waals surface area contributed by atoms with Gasteiger partial charge in [0, 0.05) is 12.8 Å². The standard InChI is InChI=1S/C10H11ClN2S2/c1-13-9(4-11)5-12-10(13)15-7-8-2-3-14-6-8/h2-3,5-6H,4,7H2,1H3. The van der Waals surface area contributed by atoms with Crippen molar-refractivity contribution < 1.29 is 0 Å². The maximum Gasteiger partial charge on any atom is 0.168 e. The van der Waals surface area contributed by atoms with Gasteiger partial charge in [0.15, 0.2) is 5.16 Å². The zero-order valence-corrected chi connectivity index (χ0v) is 10.7. The van der Waals surface area contributed by atoms with Crippen molar-refractivity contribution in [2.24, 2.45) is 7.05 Å². The van der Waals surface area contributed by atoms with Gasteiger partial charge >= 0.3 is 0 Å². The van der Waals surface area contributed by atoms with Crippen molar-refractivity contribution >= 4 is 34.7 Å². The van der Waals surface area contributed by atoms with E-state index in [0.29, 0.717) is 5.88 Å². The summed E-state index contributed by atoms with van der Waals surface area (Å²) in [6.07, 6.45) is 1.84. The van der Waals surface area contributed by atoms with Crippen molar-refractivity contribution in [3.8, 4) is 0 Å². The van der Waals surface area contributed by atoms with Crippen molar-refractivity contribution in [3.05, 3.63) is 34.3 Å². The number of hydrogen-bond donors (Lipinski definition) is 0. The fourth-order valence-electron chi connectivity index (χ4n) is 1.21. The maximum atomic E-state index is 5.78. The minimum absolute atomic E-state index is 0.516. The first-order valence-electron chi connectivity index (χ1n) is 4.51. The highest BCUT2D eigenvalue weighted by molar-refractivity contribution is 7.98. The lowest BCUT2D eigenvalue weighted by Crippen LogP contribution is -1.95. The normalized spacial score (nSPS) is 10.8. The van der Waals surface area contributed by atoms with Crippen LogP contribution in [0.5, 0.6) is 0 Å². The van der Waals surface area contributed by atoms with Crippen LogP contribution in [0.4, 0.5) is 0 Å². The molecule has 15 heavy (non-hydrogen) atoms. The second-order valence-corrected chi connectivity index (χ2v) is 5.13. The molecule has 2 heterocycles. The molecule has 80 valence electrons. The van der Waals surface area contributed by atoms with E-state index in [0.717, 1.165) is 16.6 Å². The Balaban J connectivity index is 2.02. The van der Waals surface area contributed by atoms with E-state index in [-0.39, 0.29) is 0 Å². The molecular weight excluding hydrogens is 248 g/mol. The van der Waals surface area contributed by atoms with Crippen LogP contribution in [0.15, 0.2) is 28.2 Å². The molecule has 0 aromatic carbocycles. The number of imidazole rings is 1. The lowest BCUT2D eigenvalue weighted by molar-refractivity contribution is 0.761. The summed E-state index contributed by atoms with van der Waals surface area (Å²) in [5.74, 6) is 1.48. The first kappa shape index (κ1) is 11.0. The average molecular weight is 259 g/mol. The molecule has 2 rings (SSSR count). The molecule has 0 saturated heterocycles. The van der Waals surface area contributed by atoms with Gasteiger partial charge in [0.2, 0.25) is 0 Å². The Morgan fingerprint density at radius 2 is 2.47 bits per heavy atom. The fraction of sp³-hybridized carbons (Fsp3) is 0.300. The summed E-state index contributed by atoms with van der Waals surface area (Å²) in [6.45, 7) is 0. The first-order valence-corrected chi connectivity index (χ1v) is 6.98. The Morgan fingerprint density at radius 1 is 1.60 bits per heavy atom. The number of thiophene rings is 1. The van der Waals surface area contributed by atoms with Crippen LogP contribution in [0.1, 0.15) is 11.3 Å². The predicted octanol–water partition coefficient (Wildman–Crippen LogP) is 3.51. The van der Waals surface area contributed by atoms with E-state index >= 15 is 0 Å². The van der Waals surface area contributed by atoms with E-state index in [1.54, 1.807) is 23.1 Å². The first-order chi connectivity index (χ1) is 7.31. The molecule has 2 aromatic heterocycles.